The summed E-state index contributed by atoms with van der Waals surface area (Å²) in [5.41, 5.74) is -0.363. The predicted octanol–water partition coefficient (Wildman–Crippen LogP) is 3.20. The van der Waals surface area contributed by atoms with Crippen LogP contribution in [-0.4, -0.2) is 30.8 Å². The van der Waals surface area contributed by atoms with Gasteiger partial charge in [0.1, 0.15) is 21.2 Å². The molecule has 0 aliphatic heterocycles. The number of carbonyl (C=O) groups is 1. The summed E-state index contributed by atoms with van der Waals surface area (Å²) in [6.45, 7) is 0. The molecule has 3 rings (SSSR count). The third kappa shape index (κ3) is 3.87. The van der Waals surface area contributed by atoms with E-state index in [2.05, 4.69) is 4.98 Å². The van der Waals surface area contributed by atoms with Crippen molar-refractivity contribution in [3.8, 4) is 5.75 Å². The third-order valence-electron chi connectivity index (χ3n) is 3.32. The van der Waals surface area contributed by atoms with Crippen LogP contribution in [0.5, 0.6) is 5.75 Å². The summed E-state index contributed by atoms with van der Waals surface area (Å²) in [5, 5.41) is -0.142. The number of methoxy groups -OCH3 is 1. The average molecular weight is 440 g/mol. The van der Waals surface area contributed by atoms with E-state index >= 15 is 0 Å². The van der Waals surface area contributed by atoms with Crippen molar-refractivity contribution >= 4 is 43.8 Å². The number of thiazole rings is 1. The van der Waals surface area contributed by atoms with Gasteiger partial charge in [-0.15, -0.1) is 0 Å². The van der Waals surface area contributed by atoms with Gasteiger partial charge in [0.15, 0.2) is 4.96 Å². The minimum absolute atomic E-state index is 0.107. The molecule has 3 aromatic rings. The number of hydrogen-bond donors (Lipinski definition) is 1. The van der Waals surface area contributed by atoms with Crippen LogP contribution in [0.25, 0.3) is 4.96 Å². The summed E-state index contributed by atoms with van der Waals surface area (Å²) >= 11 is 6.19. The first kappa shape index (κ1) is 19.5. The fourth-order valence-corrected chi connectivity index (χ4v) is 4.39. The number of sulfonamides is 1. The van der Waals surface area contributed by atoms with Crippen LogP contribution < -0.4 is 9.46 Å². The van der Waals surface area contributed by atoms with Crippen LogP contribution in [0.3, 0.4) is 0 Å². The molecule has 0 unspecified atom stereocenters. The molecule has 144 valence electrons. The van der Waals surface area contributed by atoms with Crippen molar-refractivity contribution in [2.45, 2.75) is 11.1 Å². The number of aromatic nitrogens is 2. The summed E-state index contributed by atoms with van der Waals surface area (Å²) in [7, 11) is -3.04. The first-order valence-corrected chi connectivity index (χ1v) is 9.65. The lowest BCUT2D eigenvalue weighted by molar-refractivity contribution is -0.134. The Morgan fingerprint density at radius 1 is 1.33 bits per heavy atom. The van der Waals surface area contributed by atoms with Crippen LogP contribution >= 0.6 is 22.9 Å². The molecule has 1 N–H and O–H groups in total. The minimum Gasteiger partial charge on any atom is -0.497 e. The highest BCUT2D eigenvalue weighted by atomic mass is 35.5. The molecule has 0 spiro atoms. The van der Waals surface area contributed by atoms with Gasteiger partial charge in [-0.25, -0.2) is 18.1 Å². The Labute approximate surface area is 159 Å². The number of imidazole rings is 1. The monoisotopic (exact) mass is 439 g/mol. The number of hydrogen-bond acceptors (Lipinski definition) is 6. The van der Waals surface area contributed by atoms with Gasteiger partial charge in [-0.2, -0.15) is 13.2 Å². The molecule has 7 nitrogen and oxygen atoms in total. The Morgan fingerprint density at radius 2 is 2.04 bits per heavy atom. The van der Waals surface area contributed by atoms with Gasteiger partial charge in [-0.3, -0.25) is 9.20 Å². The molecule has 0 saturated heterocycles. The second kappa shape index (κ2) is 6.69. The standard InChI is InChI=1S/C14H9ClF3N3O4S2/c1-25-7-2-3-8(15)10(4-7)27(23,24)20-12(22)9-5-21-6-11(14(16,17)18)26-13(21)19-9/h2-6H,1H3,(H,20,22). The largest absolute Gasteiger partial charge is 0.497 e. The van der Waals surface area contributed by atoms with Gasteiger partial charge in [0, 0.05) is 18.5 Å². The van der Waals surface area contributed by atoms with E-state index in [0.717, 1.165) is 22.9 Å². The van der Waals surface area contributed by atoms with Crippen LogP contribution in [-0.2, 0) is 16.2 Å². The van der Waals surface area contributed by atoms with Crippen molar-refractivity contribution in [3.63, 3.8) is 0 Å². The molecule has 2 heterocycles. The molecule has 0 fully saturated rings. The highest BCUT2D eigenvalue weighted by molar-refractivity contribution is 7.90. The molecule has 0 radical (unpaired) electrons. The Hall–Kier alpha value is -2.31. The summed E-state index contributed by atoms with van der Waals surface area (Å²) in [6, 6.07) is 3.84. The van der Waals surface area contributed by atoms with Crippen molar-refractivity contribution in [3.05, 3.63) is 46.2 Å². The summed E-state index contributed by atoms with van der Waals surface area (Å²) < 4.78 is 70.5. The van der Waals surface area contributed by atoms with Crippen LogP contribution in [0.2, 0.25) is 5.02 Å². The van der Waals surface area contributed by atoms with Crippen molar-refractivity contribution in [2.75, 3.05) is 7.11 Å². The zero-order chi connectivity index (χ0) is 20.0. The molecular formula is C14H9ClF3N3O4S2. The number of halogens is 4. The van der Waals surface area contributed by atoms with Crippen LogP contribution in [0.4, 0.5) is 13.2 Å². The van der Waals surface area contributed by atoms with Gasteiger partial charge in [0.05, 0.1) is 12.1 Å². The number of carbonyl (C=O) groups excluding carboxylic acids is 1. The molecule has 0 bridgehead atoms. The molecule has 1 amide bonds. The molecule has 1 aromatic carbocycles. The quantitative estimate of drug-likeness (QED) is 0.674. The summed E-state index contributed by atoms with van der Waals surface area (Å²) in [5.74, 6) is -0.909. The maximum Gasteiger partial charge on any atom is 0.427 e. The van der Waals surface area contributed by atoms with Crippen LogP contribution in [0.1, 0.15) is 15.4 Å². The lowest BCUT2D eigenvalue weighted by Gasteiger charge is -2.09. The Bertz CT molecular complexity index is 1110. The predicted molar refractivity (Wildman–Crippen MR) is 90.7 cm³/mol. The lowest BCUT2D eigenvalue weighted by Crippen LogP contribution is -2.31. The number of alkyl halides is 3. The number of rotatable bonds is 4. The number of nitrogens with zero attached hydrogens (tertiary/aromatic N) is 2. The van der Waals surface area contributed by atoms with E-state index < -0.39 is 31.9 Å². The molecular weight excluding hydrogens is 431 g/mol. The van der Waals surface area contributed by atoms with E-state index in [1.165, 1.54) is 19.2 Å². The molecule has 13 heteroatoms. The molecule has 0 aliphatic carbocycles. The summed E-state index contributed by atoms with van der Waals surface area (Å²) in [6.07, 6.45) is -2.78. The van der Waals surface area contributed by atoms with Gasteiger partial charge in [-0.05, 0) is 12.1 Å². The maximum atomic E-state index is 12.7. The van der Waals surface area contributed by atoms with E-state index in [1.54, 1.807) is 4.72 Å². The normalized spacial score (nSPS) is 12.3. The summed E-state index contributed by atoms with van der Waals surface area (Å²) in [4.78, 5) is 14.5. The lowest BCUT2D eigenvalue weighted by atomic mass is 10.3. The highest BCUT2D eigenvalue weighted by Gasteiger charge is 2.34. The highest BCUT2D eigenvalue weighted by Crippen LogP contribution is 2.34. The SMILES string of the molecule is COc1ccc(Cl)c(S(=O)(=O)NC(=O)c2cn3cc(C(F)(F)F)sc3n2)c1. The minimum atomic E-state index is -4.54. The van der Waals surface area contributed by atoms with E-state index in [9.17, 15) is 26.4 Å². The molecule has 0 saturated carbocycles. The van der Waals surface area contributed by atoms with E-state index in [4.69, 9.17) is 16.3 Å². The Morgan fingerprint density at radius 3 is 2.63 bits per heavy atom. The van der Waals surface area contributed by atoms with Crippen LogP contribution in [0.15, 0.2) is 35.5 Å². The second-order valence-corrected chi connectivity index (χ2v) is 8.21. The fraction of sp³-hybridized carbons (Fsp3) is 0.143. The van der Waals surface area contributed by atoms with Crippen molar-refractivity contribution in [1.29, 1.82) is 0 Å². The van der Waals surface area contributed by atoms with Crippen LogP contribution in [0, 0.1) is 0 Å². The van der Waals surface area contributed by atoms with Gasteiger partial charge < -0.3 is 4.74 Å². The zero-order valence-electron chi connectivity index (χ0n) is 13.2. The van der Waals surface area contributed by atoms with Crippen molar-refractivity contribution in [1.82, 2.24) is 14.1 Å². The number of amides is 1. The number of nitrogens with one attached hydrogen (secondary N) is 1. The van der Waals surface area contributed by atoms with Crippen molar-refractivity contribution < 1.29 is 31.1 Å². The Kier molecular flexibility index (Phi) is 4.82. The maximum absolute atomic E-state index is 12.7. The number of fused-ring (bicyclic) bond motifs is 1. The molecule has 0 aliphatic rings. The topological polar surface area (TPSA) is 89.8 Å². The zero-order valence-corrected chi connectivity index (χ0v) is 15.6. The number of ether oxygens (including phenoxy) is 1. The molecule has 27 heavy (non-hydrogen) atoms. The first-order chi connectivity index (χ1) is 12.5. The van der Waals surface area contributed by atoms with Gasteiger partial charge >= 0.3 is 6.18 Å². The van der Waals surface area contributed by atoms with E-state index in [0.29, 0.717) is 11.3 Å². The van der Waals surface area contributed by atoms with Gasteiger partial charge in [0.2, 0.25) is 0 Å². The fourth-order valence-electron chi connectivity index (χ4n) is 2.08. The van der Waals surface area contributed by atoms with E-state index in [-0.39, 0.29) is 21.4 Å². The average Bonchev–Trinajstić information content (AvgIpc) is 3.13. The van der Waals surface area contributed by atoms with Gasteiger partial charge in [0.25, 0.3) is 15.9 Å². The van der Waals surface area contributed by atoms with E-state index in [1.807, 2.05) is 0 Å². The smallest absolute Gasteiger partial charge is 0.427 e. The third-order valence-corrected chi connectivity index (χ3v) is 6.18. The van der Waals surface area contributed by atoms with Gasteiger partial charge in [-0.1, -0.05) is 22.9 Å². The molecule has 0 atom stereocenters. The second-order valence-electron chi connectivity index (χ2n) is 5.14. The Balaban J connectivity index is 1.88. The first-order valence-electron chi connectivity index (χ1n) is 6.97. The molecule has 2 aromatic heterocycles. The van der Waals surface area contributed by atoms with Crippen molar-refractivity contribution in [2.24, 2.45) is 0 Å². The number of benzene rings is 1.